The van der Waals surface area contributed by atoms with Crippen molar-refractivity contribution in [2.24, 2.45) is 0 Å². The highest BCUT2D eigenvalue weighted by Gasteiger charge is 2.15. The Labute approximate surface area is 144 Å². The Balaban J connectivity index is 1.98. The summed E-state index contributed by atoms with van der Waals surface area (Å²) in [7, 11) is 3.98. The highest BCUT2D eigenvalue weighted by molar-refractivity contribution is 9.10. The van der Waals surface area contributed by atoms with Gasteiger partial charge in [0.1, 0.15) is 0 Å². The van der Waals surface area contributed by atoms with Gasteiger partial charge in [0.2, 0.25) is 5.91 Å². The Morgan fingerprint density at radius 1 is 1.14 bits per heavy atom. The smallest absolute Gasteiger partial charge is 0.237 e. The molecule has 0 bridgehead atoms. The molecule has 1 N–H and O–H groups in total. The predicted molar refractivity (Wildman–Crippen MR) is 98.9 cm³/mol. The molecular weight excluding hydrogens is 360 g/mol. The number of carbonyl (C=O) groups excluding carboxylic acids is 1. The molecule has 0 aliphatic rings. The van der Waals surface area contributed by atoms with Crippen molar-refractivity contribution in [1.82, 2.24) is 0 Å². The highest BCUT2D eigenvalue weighted by atomic mass is 79.9. The third-order valence-corrected chi connectivity index (χ3v) is 5.29. The van der Waals surface area contributed by atoms with Crippen LogP contribution >= 0.6 is 27.7 Å². The van der Waals surface area contributed by atoms with Crippen LogP contribution in [0.1, 0.15) is 6.92 Å². The van der Waals surface area contributed by atoms with E-state index in [1.807, 2.05) is 74.4 Å². The van der Waals surface area contributed by atoms with Gasteiger partial charge in [-0.25, -0.2) is 0 Å². The molecule has 3 nitrogen and oxygen atoms in total. The van der Waals surface area contributed by atoms with Crippen molar-refractivity contribution in [2.45, 2.75) is 17.1 Å². The lowest BCUT2D eigenvalue weighted by Gasteiger charge is -2.15. The van der Waals surface area contributed by atoms with Gasteiger partial charge in [-0.3, -0.25) is 4.79 Å². The van der Waals surface area contributed by atoms with Crippen LogP contribution in [-0.2, 0) is 4.79 Å². The Morgan fingerprint density at radius 3 is 2.36 bits per heavy atom. The third kappa shape index (κ3) is 4.52. The van der Waals surface area contributed by atoms with Crippen LogP contribution in [-0.4, -0.2) is 25.3 Å². The summed E-state index contributed by atoms with van der Waals surface area (Å²) in [6, 6.07) is 15.7. The van der Waals surface area contributed by atoms with Gasteiger partial charge in [-0.1, -0.05) is 12.1 Å². The number of hydrogen-bond donors (Lipinski definition) is 1. The predicted octanol–water partition coefficient (Wildman–Crippen LogP) is 4.63. The van der Waals surface area contributed by atoms with E-state index in [2.05, 4.69) is 21.2 Å². The van der Waals surface area contributed by atoms with Crippen molar-refractivity contribution < 1.29 is 4.79 Å². The van der Waals surface area contributed by atoms with Gasteiger partial charge in [-0.15, -0.1) is 11.8 Å². The molecule has 2 rings (SSSR count). The van der Waals surface area contributed by atoms with Gasteiger partial charge < -0.3 is 10.2 Å². The van der Waals surface area contributed by atoms with Gasteiger partial charge in [0, 0.05) is 34.8 Å². The number of halogens is 1. The number of nitrogens with zero attached hydrogens (tertiary/aromatic N) is 1. The summed E-state index contributed by atoms with van der Waals surface area (Å²) in [6.45, 7) is 1.91. The van der Waals surface area contributed by atoms with Crippen LogP contribution in [0.2, 0.25) is 0 Å². The Kier molecular flexibility index (Phi) is 5.91. The highest BCUT2D eigenvalue weighted by Crippen LogP contribution is 2.30. The fourth-order valence-corrected chi connectivity index (χ4v) is 3.32. The molecule has 0 radical (unpaired) electrons. The molecule has 0 aliphatic heterocycles. The maximum Gasteiger partial charge on any atom is 0.237 e. The summed E-state index contributed by atoms with van der Waals surface area (Å²) in [5, 5.41) is 2.78. The molecule has 116 valence electrons. The second kappa shape index (κ2) is 7.70. The number of rotatable bonds is 5. The summed E-state index contributed by atoms with van der Waals surface area (Å²) in [5.41, 5.74) is 1.92. The maximum atomic E-state index is 12.3. The van der Waals surface area contributed by atoms with Gasteiger partial charge in [0.25, 0.3) is 0 Å². The third-order valence-electron chi connectivity index (χ3n) is 3.16. The Hall–Kier alpha value is -1.46. The number of thioether (sulfide) groups is 1. The molecule has 0 fully saturated rings. The molecular formula is C17H19BrN2OS. The summed E-state index contributed by atoms with van der Waals surface area (Å²) >= 11 is 5.04. The fourth-order valence-electron chi connectivity index (χ4n) is 1.87. The minimum absolute atomic E-state index is 0.00152. The second-order valence-electron chi connectivity index (χ2n) is 5.12. The Morgan fingerprint density at radius 2 is 1.77 bits per heavy atom. The largest absolute Gasteiger partial charge is 0.378 e. The van der Waals surface area contributed by atoms with Gasteiger partial charge in [0.15, 0.2) is 0 Å². The topological polar surface area (TPSA) is 32.3 Å². The SMILES string of the molecule is CC(Sc1ccccc1Br)C(=O)Nc1ccc(N(C)C)cc1. The fraction of sp³-hybridized carbons (Fsp3) is 0.235. The van der Waals surface area contributed by atoms with Crippen LogP contribution in [0.3, 0.4) is 0 Å². The zero-order valence-electron chi connectivity index (χ0n) is 12.8. The van der Waals surface area contributed by atoms with Crippen LogP contribution in [0.4, 0.5) is 11.4 Å². The first kappa shape index (κ1) is 16.9. The standard InChI is InChI=1S/C17H19BrN2OS/c1-12(22-16-7-5-4-6-15(16)18)17(21)19-13-8-10-14(11-9-13)20(2)3/h4-12H,1-3H3,(H,19,21). The summed E-state index contributed by atoms with van der Waals surface area (Å²) in [5.74, 6) is -0.00152. The van der Waals surface area contributed by atoms with Crippen molar-refractivity contribution in [3.63, 3.8) is 0 Å². The van der Waals surface area contributed by atoms with Crippen LogP contribution in [0.5, 0.6) is 0 Å². The van der Waals surface area contributed by atoms with E-state index >= 15 is 0 Å². The van der Waals surface area contributed by atoms with Crippen molar-refractivity contribution in [3.8, 4) is 0 Å². The normalized spacial score (nSPS) is 11.8. The Bertz CT molecular complexity index is 643. The number of nitrogens with one attached hydrogen (secondary N) is 1. The quantitative estimate of drug-likeness (QED) is 0.769. The number of anilines is 2. The van der Waals surface area contributed by atoms with E-state index in [1.54, 1.807) is 0 Å². The van der Waals surface area contributed by atoms with Gasteiger partial charge >= 0.3 is 0 Å². The summed E-state index contributed by atoms with van der Waals surface area (Å²) < 4.78 is 1.01. The maximum absolute atomic E-state index is 12.3. The molecule has 2 aromatic carbocycles. The number of amides is 1. The van der Waals surface area contributed by atoms with Crippen molar-refractivity contribution >= 4 is 45.0 Å². The minimum Gasteiger partial charge on any atom is -0.378 e. The van der Waals surface area contributed by atoms with E-state index < -0.39 is 0 Å². The molecule has 1 atom stereocenters. The van der Waals surface area contributed by atoms with E-state index in [0.717, 1.165) is 20.7 Å². The number of carbonyl (C=O) groups is 1. The van der Waals surface area contributed by atoms with E-state index in [4.69, 9.17) is 0 Å². The van der Waals surface area contributed by atoms with Crippen molar-refractivity contribution in [1.29, 1.82) is 0 Å². The van der Waals surface area contributed by atoms with Gasteiger partial charge in [-0.2, -0.15) is 0 Å². The average molecular weight is 379 g/mol. The number of benzene rings is 2. The first-order valence-corrected chi connectivity index (χ1v) is 8.64. The average Bonchev–Trinajstić information content (AvgIpc) is 2.50. The van der Waals surface area contributed by atoms with Gasteiger partial charge in [-0.05, 0) is 59.3 Å². The van der Waals surface area contributed by atoms with Crippen LogP contribution in [0.15, 0.2) is 57.9 Å². The van der Waals surface area contributed by atoms with Crippen LogP contribution in [0.25, 0.3) is 0 Å². The molecule has 0 aromatic heterocycles. The molecule has 0 saturated heterocycles. The lowest BCUT2D eigenvalue weighted by Crippen LogP contribution is -2.22. The van der Waals surface area contributed by atoms with Crippen molar-refractivity contribution in [2.75, 3.05) is 24.3 Å². The first-order chi connectivity index (χ1) is 10.5. The minimum atomic E-state index is -0.174. The summed E-state index contributed by atoms with van der Waals surface area (Å²) in [4.78, 5) is 15.4. The molecule has 0 saturated carbocycles. The zero-order chi connectivity index (χ0) is 16.1. The van der Waals surface area contributed by atoms with E-state index in [-0.39, 0.29) is 11.2 Å². The number of hydrogen-bond acceptors (Lipinski definition) is 3. The van der Waals surface area contributed by atoms with Crippen LogP contribution in [0, 0.1) is 0 Å². The monoisotopic (exact) mass is 378 g/mol. The van der Waals surface area contributed by atoms with Crippen molar-refractivity contribution in [3.05, 3.63) is 53.0 Å². The zero-order valence-corrected chi connectivity index (χ0v) is 15.2. The lowest BCUT2D eigenvalue weighted by atomic mass is 10.2. The first-order valence-electron chi connectivity index (χ1n) is 6.97. The molecule has 22 heavy (non-hydrogen) atoms. The molecule has 0 aliphatic carbocycles. The molecule has 0 spiro atoms. The van der Waals surface area contributed by atoms with E-state index in [9.17, 15) is 4.79 Å². The second-order valence-corrected chi connectivity index (χ2v) is 7.36. The lowest BCUT2D eigenvalue weighted by molar-refractivity contribution is -0.115. The molecule has 5 heteroatoms. The van der Waals surface area contributed by atoms with E-state index in [1.165, 1.54) is 11.8 Å². The van der Waals surface area contributed by atoms with Crippen LogP contribution < -0.4 is 10.2 Å². The summed E-state index contributed by atoms with van der Waals surface area (Å²) in [6.07, 6.45) is 0. The van der Waals surface area contributed by atoms with E-state index in [0.29, 0.717) is 0 Å². The van der Waals surface area contributed by atoms with Gasteiger partial charge in [0.05, 0.1) is 5.25 Å². The molecule has 1 unspecified atom stereocenters. The molecule has 2 aromatic rings. The molecule has 1 amide bonds. The molecule has 0 heterocycles.